The first-order valence-corrected chi connectivity index (χ1v) is 6.46. The maximum Gasteiger partial charge on any atom is 0.273 e. The first kappa shape index (κ1) is 14.3. The molecule has 114 valence electrons. The van der Waals surface area contributed by atoms with Crippen LogP contribution >= 0.6 is 0 Å². The number of benzene rings is 1. The number of nitrogens with one attached hydrogen (secondary N) is 2. The van der Waals surface area contributed by atoms with E-state index in [1.54, 1.807) is 0 Å². The highest BCUT2D eigenvalue weighted by molar-refractivity contribution is 5.82. The molecule has 0 aliphatic heterocycles. The van der Waals surface area contributed by atoms with Gasteiger partial charge < -0.3 is 5.32 Å². The predicted molar refractivity (Wildman–Crippen MR) is 75.7 cm³/mol. The Bertz CT molecular complexity index is 838. The van der Waals surface area contributed by atoms with E-state index in [2.05, 4.69) is 25.5 Å². The van der Waals surface area contributed by atoms with Gasteiger partial charge in [-0.25, -0.2) is 23.1 Å². The normalized spacial score (nSPS) is 11.9. The first-order chi connectivity index (χ1) is 10.3. The molecular formula is C14H12F3N5. The molecule has 8 heteroatoms. The quantitative estimate of drug-likeness (QED) is 0.775. The van der Waals surface area contributed by atoms with E-state index in [1.807, 2.05) is 0 Å². The summed E-state index contributed by atoms with van der Waals surface area (Å²) in [6, 6.07) is 2.82. The fourth-order valence-corrected chi connectivity index (χ4v) is 2.14. The van der Waals surface area contributed by atoms with E-state index in [-0.39, 0.29) is 22.9 Å². The highest BCUT2D eigenvalue weighted by Crippen LogP contribution is 2.29. The molecule has 0 amide bonds. The number of aromatic amines is 1. The number of halogens is 3. The van der Waals surface area contributed by atoms with E-state index in [0.717, 1.165) is 13.1 Å². The lowest BCUT2D eigenvalue weighted by atomic mass is 10.1. The van der Waals surface area contributed by atoms with Crippen LogP contribution in [0.3, 0.4) is 0 Å². The van der Waals surface area contributed by atoms with Crippen LogP contribution in [0.4, 0.5) is 24.8 Å². The summed E-state index contributed by atoms with van der Waals surface area (Å²) in [6.45, 7) is 2.23. The zero-order valence-electron chi connectivity index (χ0n) is 11.8. The van der Waals surface area contributed by atoms with Crippen LogP contribution in [0.5, 0.6) is 0 Å². The molecule has 3 aromatic rings. The van der Waals surface area contributed by atoms with Crippen molar-refractivity contribution in [2.24, 2.45) is 0 Å². The van der Waals surface area contributed by atoms with E-state index in [0.29, 0.717) is 10.9 Å². The first-order valence-electron chi connectivity index (χ1n) is 6.46. The molecule has 2 N–H and O–H groups in total. The van der Waals surface area contributed by atoms with Crippen molar-refractivity contribution in [3.63, 3.8) is 0 Å². The molecule has 22 heavy (non-hydrogen) atoms. The molecule has 0 atom stereocenters. The summed E-state index contributed by atoms with van der Waals surface area (Å²) in [5.41, 5.74) is 0.639. The van der Waals surface area contributed by atoms with Crippen LogP contribution in [0.25, 0.3) is 10.9 Å². The fraction of sp³-hybridized carbons (Fsp3) is 0.214. The monoisotopic (exact) mass is 307 g/mol. The number of anilines is 2. The van der Waals surface area contributed by atoms with Gasteiger partial charge in [-0.1, -0.05) is 0 Å². The van der Waals surface area contributed by atoms with Gasteiger partial charge in [0.25, 0.3) is 5.92 Å². The SMILES string of the molecule is Cc1nc(Nc2cc3[nH]ncc3cc2F)ncc1C(C)(F)F. The van der Waals surface area contributed by atoms with Gasteiger partial charge in [0.15, 0.2) is 0 Å². The topological polar surface area (TPSA) is 66.5 Å². The smallest absolute Gasteiger partial charge is 0.273 e. The fourth-order valence-electron chi connectivity index (χ4n) is 2.14. The van der Waals surface area contributed by atoms with Crippen LogP contribution in [-0.4, -0.2) is 20.2 Å². The van der Waals surface area contributed by atoms with Crippen LogP contribution in [0.2, 0.25) is 0 Å². The Hall–Kier alpha value is -2.64. The molecule has 0 aliphatic carbocycles. The summed E-state index contributed by atoms with van der Waals surface area (Å²) in [6.07, 6.45) is 2.54. The third-order valence-corrected chi connectivity index (χ3v) is 3.23. The summed E-state index contributed by atoms with van der Waals surface area (Å²) in [7, 11) is 0. The minimum absolute atomic E-state index is 0.0447. The number of H-pyrrole nitrogens is 1. The highest BCUT2D eigenvalue weighted by Gasteiger charge is 2.27. The van der Waals surface area contributed by atoms with E-state index in [4.69, 9.17) is 0 Å². The average Bonchev–Trinajstić information content (AvgIpc) is 2.84. The molecule has 3 rings (SSSR count). The minimum Gasteiger partial charge on any atom is -0.322 e. The largest absolute Gasteiger partial charge is 0.322 e. The van der Waals surface area contributed by atoms with Gasteiger partial charge in [-0.3, -0.25) is 5.10 Å². The molecule has 1 aromatic carbocycles. The summed E-state index contributed by atoms with van der Waals surface area (Å²) >= 11 is 0. The average molecular weight is 307 g/mol. The molecule has 0 radical (unpaired) electrons. The second kappa shape index (κ2) is 4.97. The van der Waals surface area contributed by atoms with Gasteiger partial charge in [0.05, 0.1) is 28.7 Å². The van der Waals surface area contributed by atoms with Gasteiger partial charge in [-0.05, 0) is 19.1 Å². The Kier molecular flexibility index (Phi) is 3.23. The van der Waals surface area contributed by atoms with Crippen molar-refractivity contribution in [1.82, 2.24) is 20.2 Å². The summed E-state index contributed by atoms with van der Waals surface area (Å²) in [4.78, 5) is 7.76. The lowest BCUT2D eigenvalue weighted by molar-refractivity contribution is 0.0160. The summed E-state index contributed by atoms with van der Waals surface area (Å²) in [5, 5.41) is 9.84. The Morgan fingerprint density at radius 2 is 2.00 bits per heavy atom. The van der Waals surface area contributed by atoms with Crippen molar-refractivity contribution in [3.8, 4) is 0 Å². The van der Waals surface area contributed by atoms with Gasteiger partial charge in [0.2, 0.25) is 5.95 Å². The molecule has 5 nitrogen and oxygen atoms in total. The van der Waals surface area contributed by atoms with Gasteiger partial charge >= 0.3 is 0 Å². The molecule has 0 unspecified atom stereocenters. The lowest BCUT2D eigenvalue weighted by Crippen LogP contribution is -2.12. The molecule has 0 spiro atoms. The van der Waals surface area contributed by atoms with Crippen LogP contribution in [-0.2, 0) is 5.92 Å². The zero-order valence-corrected chi connectivity index (χ0v) is 11.8. The number of hydrogen-bond acceptors (Lipinski definition) is 4. The van der Waals surface area contributed by atoms with Crippen molar-refractivity contribution >= 4 is 22.5 Å². The predicted octanol–water partition coefficient (Wildman–Crippen LogP) is 3.66. The van der Waals surface area contributed by atoms with Crippen molar-refractivity contribution in [2.45, 2.75) is 19.8 Å². The number of hydrogen-bond donors (Lipinski definition) is 2. The number of nitrogens with zero attached hydrogens (tertiary/aromatic N) is 3. The van der Waals surface area contributed by atoms with E-state index < -0.39 is 11.7 Å². The van der Waals surface area contributed by atoms with Crippen molar-refractivity contribution < 1.29 is 13.2 Å². The molecule has 2 aromatic heterocycles. The molecule has 0 aliphatic rings. The van der Waals surface area contributed by atoms with Crippen LogP contribution in [0.15, 0.2) is 24.5 Å². The number of aromatic nitrogens is 4. The second-order valence-electron chi connectivity index (χ2n) is 5.00. The van der Waals surface area contributed by atoms with E-state index in [9.17, 15) is 13.2 Å². The third-order valence-electron chi connectivity index (χ3n) is 3.23. The zero-order chi connectivity index (χ0) is 15.9. The van der Waals surface area contributed by atoms with Crippen molar-refractivity contribution in [2.75, 3.05) is 5.32 Å². The maximum atomic E-state index is 14.0. The van der Waals surface area contributed by atoms with Gasteiger partial charge in [0.1, 0.15) is 5.82 Å². The Labute approximate surface area is 123 Å². The Morgan fingerprint density at radius 1 is 1.23 bits per heavy atom. The Morgan fingerprint density at radius 3 is 2.68 bits per heavy atom. The molecule has 2 heterocycles. The number of alkyl halides is 2. The molecule has 0 bridgehead atoms. The molecule has 0 fully saturated rings. The van der Waals surface area contributed by atoms with Gasteiger partial charge in [0, 0.05) is 18.5 Å². The standard InChI is InChI=1S/C14H12F3N5/c1-7-9(14(2,16)17)6-18-13(20-7)21-12-4-11-8(3-10(12)15)5-19-22-11/h3-6H,1-2H3,(H,19,22)(H,18,20,21). The third kappa shape index (κ3) is 2.59. The van der Waals surface area contributed by atoms with Crippen LogP contribution in [0, 0.1) is 12.7 Å². The number of rotatable bonds is 3. The lowest BCUT2D eigenvalue weighted by Gasteiger charge is -2.13. The number of aryl methyl sites for hydroxylation is 1. The number of fused-ring (bicyclic) bond motifs is 1. The highest BCUT2D eigenvalue weighted by atomic mass is 19.3. The van der Waals surface area contributed by atoms with Crippen LogP contribution < -0.4 is 5.32 Å². The summed E-state index contributed by atoms with van der Waals surface area (Å²) in [5.74, 6) is -3.49. The van der Waals surface area contributed by atoms with Crippen molar-refractivity contribution in [3.05, 3.63) is 41.6 Å². The van der Waals surface area contributed by atoms with Gasteiger partial charge in [-0.2, -0.15) is 5.10 Å². The molecular weight excluding hydrogens is 295 g/mol. The second-order valence-corrected chi connectivity index (χ2v) is 5.00. The van der Waals surface area contributed by atoms with E-state index in [1.165, 1.54) is 25.3 Å². The Balaban J connectivity index is 1.95. The maximum absolute atomic E-state index is 14.0. The van der Waals surface area contributed by atoms with Crippen molar-refractivity contribution in [1.29, 1.82) is 0 Å². The van der Waals surface area contributed by atoms with Crippen LogP contribution in [0.1, 0.15) is 18.2 Å². The van der Waals surface area contributed by atoms with Gasteiger partial charge in [-0.15, -0.1) is 0 Å². The summed E-state index contributed by atoms with van der Waals surface area (Å²) < 4.78 is 40.6. The minimum atomic E-state index is -3.03. The van der Waals surface area contributed by atoms with E-state index >= 15 is 0 Å². The molecule has 0 saturated heterocycles. The molecule has 0 saturated carbocycles.